The normalized spacial score (nSPS) is 19.8. The van der Waals surface area contributed by atoms with Crippen LogP contribution in [0.15, 0.2) is 18.3 Å². The maximum absolute atomic E-state index is 12.0. The van der Waals surface area contributed by atoms with E-state index in [9.17, 15) is 4.79 Å². The summed E-state index contributed by atoms with van der Waals surface area (Å²) in [5, 5.41) is 0. The summed E-state index contributed by atoms with van der Waals surface area (Å²) in [6.07, 6.45) is 3.89. The number of amides is 1. The van der Waals surface area contributed by atoms with Crippen molar-refractivity contribution in [2.24, 2.45) is 5.92 Å². The van der Waals surface area contributed by atoms with Crippen molar-refractivity contribution in [1.29, 1.82) is 0 Å². The quantitative estimate of drug-likeness (QED) is 0.794. The number of rotatable bonds is 5. The standard InChI is InChI=1S/C13H20N2O2/c1-2-8-17-10-11-5-7-15(9-11)13(16)12-4-3-6-14-12/h3-4,6,11,14H,2,5,7-10H2,1H3. The van der Waals surface area contributed by atoms with Gasteiger partial charge in [0, 0.05) is 31.8 Å². The minimum Gasteiger partial charge on any atom is -0.381 e. The zero-order valence-electron chi connectivity index (χ0n) is 10.3. The van der Waals surface area contributed by atoms with Gasteiger partial charge >= 0.3 is 0 Å². The van der Waals surface area contributed by atoms with Crippen LogP contribution in [0.4, 0.5) is 0 Å². The van der Waals surface area contributed by atoms with E-state index in [1.54, 1.807) is 6.20 Å². The lowest BCUT2D eigenvalue weighted by molar-refractivity contribution is 0.0750. The fourth-order valence-corrected chi connectivity index (χ4v) is 2.18. The number of hydrogen-bond donors (Lipinski definition) is 1. The Morgan fingerprint density at radius 2 is 2.53 bits per heavy atom. The number of aromatic amines is 1. The van der Waals surface area contributed by atoms with Crippen molar-refractivity contribution in [2.75, 3.05) is 26.3 Å². The van der Waals surface area contributed by atoms with Gasteiger partial charge in [-0.3, -0.25) is 4.79 Å². The van der Waals surface area contributed by atoms with Crippen molar-refractivity contribution in [3.8, 4) is 0 Å². The monoisotopic (exact) mass is 236 g/mol. The Bertz CT molecular complexity index is 348. The molecule has 17 heavy (non-hydrogen) atoms. The van der Waals surface area contributed by atoms with Crippen molar-refractivity contribution >= 4 is 5.91 Å². The first-order chi connectivity index (χ1) is 8.31. The van der Waals surface area contributed by atoms with Crippen LogP contribution in [-0.2, 0) is 4.74 Å². The number of nitrogens with one attached hydrogen (secondary N) is 1. The van der Waals surface area contributed by atoms with E-state index in [4.69, 9.17) is 4.74 Å². The molecule has 1 atom stereocenters. The highest BCUT2D eigenvalue weighted by molar-refractivity contribution is 5.92. The molecule has 4 heteroatoms. The number of hydrogen-bond acceptors (Lipinski definition) is 2. The van der Waals surface area contributed by atoms with Gasteiger partial charge < -0.3 is 14.6 Å². The Morgan fingerprint density at radius 3 is 3.24 bits per heavy atom. The van der Waals surface area contributed by atoms with Crippen molar-refractivity contribution < 1.29 is 9.53 Å². The van der Waals surface area contributed by atoms with E-state index in [0.29, 0.717) is 11.6 Å². The number of nitrogens with zero attached hydrogens (tertiary/aromatic N) is 1. The van der Waals surface area contributed by atoms with Gasteiger partial charge in [0.2, 0.25) is 0 Å². The fourth-order valence-electron chi connectivity index (χ4n) is 2.18. The van der Waals surface area contributed by atoms with Gasteiger partial charge in [0.25, 0.3) is 5.91 Å². The first kappa shape index (κ1) is 12.2. The van der Waals surface area contributed by atoms with E-state index in [1.165, 1.54) is 0 Å². The molecule has 4 nitrogen and oxygen atoms in total. The summed E-state index contributed by atoms with van der Waals surface area (Å²) < 4.78 is 5.54. The molecule has 0 spiro atoms. The Kier molecular flexibility index (Phi) is 4.20. The minimum absolute atomic E-state index is 0.105. The summed E-state index contributed by atoms with van der Waals surface area (Å²) in [7, 11) is 0. The van der Waals surface area contributed by atoms with E-state index in [2.05, 4.69) is 11.9 Å². The minimum atomic E-state index is 0.105. The number of likely N-dealkylation sites (tertiary alicyclic amines) is 1. The lowest BCUT2D eigenvalue weighted by Crippen LogP contribution is -2.29. The molecule has 0 aromatic carbocycles. The largest absolute Gasteiger partial charge is 0.381 e. The van der Waals surface area contributed by atoms with E-state index in [1.807, 2.05) is 17.0 Å². The Morgan fingerprint density at radius 1 is 1.65 bits per heavy atom. The van der Waals surface area contributed by atoms with Crippen LogP contribution in [-0.4, -0.2) is 42.1 Å². The van der Waals surface area contributed by atoms with Crippen LogP contribution in [0.1, 0.15) is 30.3 Å². The molecule has 1 saturated heterocycles. The van der Waals surface area contributed by atoms with E-state index in [0.717, 1.165) is 39.1 Å². The van der Waals surface area contributed by atoms with Gasteiger partial charge in [0.05, 0.1) is 6.61 Å². The molecule has 2 heterocycles. The third-order valence-corrected chi connectivity index (χ3v) is 3.10. The van der Waals surface area contributed by atoms with Gasteiger partial charge in [0.15, 0.2) is 0 Å². The van der Waals surface area contributed by atoms with Crippen LogP contribution < -0.4 is 0 Å². The van der Waals surface area contributed by atoms with Crippen LogP contribution in [0.3, 0.4) is 0 Å². The Balaban J connectivity index is 1.79. The van der Waals surface area contributed by atoms with Gasteiger partial charge in [-0.2, -0.15) is 0 Å². The Labute approximate surface area is 102 Å². The summed E-state index contributed by atoms with van der Waals surface area (Å²) in [5.74, 6) is 0.605. The second-order valence-electron chi connectivity index (χ2n) is 4.56. The third-order valence-electron chi connectivity index (χ3n) is 3.10. The number of carbonyl (C=O) groups is 1. The number of ether oxygens (including phenoxy) is 1. The number of aromatic nitrogens is 1. The maximum Gasteiger partial charge on any atom is 0.270 e. The van der Waals surface area contributed by atoms with E-state index < -0.39 is 0 Å². The number of carbonyl (C=O) groups excluding carboxylic acids is 1. The van der Waals surface area contributed by atoms with Crippen LogP contribution in [0.25, 0.3) is 0 Å². The first-order valence-electron chi connectivity index (χ1n) is 6.31. The molecule has 1 aromatic heterocycles. The van der Waals surface area contributed by atoms with Crippen molar-refractivity contribution in [1.82, 2.24) is 9.88 Å². The van der Waals surface area contributed by atoms with E-state index >= 15 is 0 Å². The molecule has 0 radical (unpaired) electrons. The smallest absolute Gasteiger partial charge is 0.270 e. The van der Waals surface area contributed by atoms with Crippen LogP contribution in [0, 0.1) is 5.92 Å². The molecule has 2 rings (SSSR count). The summed E-state index contributed by atoms with van der Waals surface area (Å²) in [6, 6.07) is 3.67. The Hall–Kier alpha value is -1.29. The molecular weight excluding hydrogens is 216 g/mol. The van der Waals surface area contributed by atoms with Crippen LogP contribution in [0.2, 0.25) is 0 Å². The topological polar surface area (TPSA) is 45.3 Å². The molecule has 1 aliphatic rings. The van der Waals surface area contributed by atoms with Gasteiger partial charge in [-0.15, -0.1) is 0 Å². The lowest BCUT2D eigenvalue weighted by Gasteiger charge is -2.15. The molecule has 1 N–H and O–H groups in total. The SMILES string of the molecule is CCCOCC1CCN(C(=O)c2ccc[nH]2)C1. The van der Waals surface area contributed by atoms with E-state index in [-0.39, 0.29) is 5.91 Å². The number of H-pyrrole nitrogens is 1. The summed E-state index contributed by atoms with van der Waals surface area (Å²) in [5.41, 5.74) is 0.681. The molecule has 1 aliphatic heterocycles. The van der Waals surface area contributed by atoms with Gasteiger partial charge in [-0.05, 0) is 25.0 Å². The molecule has 0 bridgehead atoms. The fraction of sp³-hybridized carbons (Fsp3) is 0.615. The molecular formula is C13H20N2O2. The van der Waals surface area contributed by atoms with Gasteiger partial charge in [0.1, 0.15) is 5.69 Å². The average molecular weight is 236 g/mol. The van der Waals surface area contributed by atoms with Crippen molar-refractivity contribution in [3.05, 3.63) is 24.0 Å². The first-order valence-corrected chi connectivity index (χ1v) is 6.31. The van der Waals surface area contributed by atoms with Crippen LogP contribution >= 0.6 is 0 Å². The molecule has 1 aromatic rings. The highest BCUT2D eigenvalue weighted by atomic mass is 16.5. The highest BCUT2D eigenvalue weighted by Gasteiger charge is 2.27. The molecule has 1 unspecified atom stereocenters. The predicted molar refractivity (Wildman–Crippen MR) is 65.9 cm³/mol. The second kappa shape index (κ2) is 5.87. The highest BCUT2D eigenvalue weighted by Crippen LogP contribution is 2.18. The summed E-state index contributed by atoms with van der Waals surface area (Å²) >= 11 is 0. The average Bonchev–Trinajstić information content (AvgIpc) is 3.00. The lowest BCUT2D eigenvalue weighted by atomic mass is 10.1. The van der Waals surface area contributed by atoms with Crippen molar-refractivity contribution in [2.45, 2.75) is 19.8 Å². The molecule has 94 valence electrons. The molecule has 0 saturated carbocycles. The van der Waals surface area contributed by atoms with Crippen molar-refractivity contribution in [3.63, 3.8) is 0 Å². The van der Waals surface area contributed by atoms with Crippen LogP contribution in [0.5, 0.6) is 0 Å². The molecule has 1 fully saturated rings. The summed E-state index contributed by atoms with van der Waals surface area (Å²) in [6.45, 7) is 5.37. The zero-order valence-corrected chi connectivity index (χ0v) is 10.3. The van der Waals surface area contributed by atoms with Gasteiger partial charge in [-0.25, -0.2) is 0 Å². The third kappa shape index (κ3) is 3.09. The maximum atomic E-state index is 12.0. The van der Waals surface area contributed by atoms with Gasteiger partial charge in [-0.1, -0.05) is 6.92 Å². The summed E-state index contributed by atoms with van der Waals surface area (Å²) in [4.78, 5) is 16.9. The molecule has 0 aliphatic carbocycles. The zero-order chi connectivity index (χ0) is 12.1. The molecule has 1 amide bonds. The second-order valence-corrected chi connectivity index (χ2v) is 4.56. The predicted octanol–water partition coefficient (Wildman–Crippen LogP) is 1.90.